The lowest BCUT2D eigenvalue weighted by atomic mass is 9.79. The van der Waals surface area contributed by atoms with Crippen molar-refractivity contribution < 1.29 is 9.47 Å². The number of likely N-dealkylation sites (N-methyl/N-ethyl adjacent to an activating group) is 1. The summed E-state index contributed by atoms with van der Waals surface area (Å²) in [5.74, 6) is 0.696. The Bertz CT molecular complexity index is 238. The number of nitrogens with one attached hydrogen (secondary N) is 1. The van der Waals surface area contributed by atoms with Crippen molar-refractivity contribution >= 4 is 0 Å². The summed E-state index contributed by atoms with van der Waals surface area (Å²) in [6, 6.07) is 0.460. The molecule has 1 aliphatic carbocycles. The molecular formula is C14H27NO2. The summed E-state index contributed by atoms with van der Waals surface area (Å²) in [5, 5.41) is 3.45. The van der Waals surface area contributed by atoms with Crippen LogP contribution in [0.25, 0.3) is 0 Å². The molecule has 1 spiro atoms. The van der Waals surface area contributed by atoms with Crippen molar-refractivity contribution in [3.63, 3.8) is 0 Å². The van der Waals surface area contributed by atoms with Crippen LogP contribution in [0.1, 0.15) is 45.4 Å². The van der Waals surface area contributed by atoms with Gasteiger partial charge in [0, 0.05) is 19.8 Å². The first-order chi connectivity index (χ1) is 8.21. The van der Waals surface area contributed by atoms with E-state index in [2.05, 4.69) is 19.3 Å². The predicted molar refractivity (Wildman–Crippen MR) is 69.2 cm³/mol. The lowest BCUT2D eigenvalue weighted by Gasteiger charge is -2.42. The molecule has 0 amide bonds. The second kappa shape index (κ2) is 5.68. The fraction of sp³-hybridized carbons (Fsp3) is 1.00. The number of ether oxygens (including phenoxy) is 2. The molecule has 1 N–H and O–H groups in total. The van der Waals surface area contributed by atoms with Crippen LogP contribution in [0.15, 0.2) is 0 Å². The van der Waals surface area contributed by atoms with Crippen molar-refractivity contribution in [2.45, 2.75) is 63.2 Å². The molecule has 2 fully saturated rings. The van der Waals surface area contributed by atoms with E-state index < -0.39 is 0 Å². The highest BCUT2D eigenvalue weighted by Crippen LogP contribution is 2.43. The SMILES string of the molecule is CNC(C1CCOC2(CCCC2)C1)C(C)OC. The Kier molecular flexibility index (Phi) is 4.45. The van der Waals surface area contributed by atoms with Gasteiger partial charge in [-0.1, -0.05) is 12.8 Å². The molecule has 0 bridgehead atoms. The van der Waals surface area contributed by atoms with Crippen LogP contribution in [0.5, 0.6) is 0 Å². The molecule has 2 aliphatic rings. The van der Waals surface area contributed by atoms with Crippen molar-refractivity contribution in [1.82, 2.24) is 5.32 Å². The van der Waals surface area contributed by atoms with Crippen LogP contribution in [0, 0.1) is 5.92 Å². The molecule has 100 valence electrons. The Morgan fingerprint density at radius 1 is 1.35 bits per heavy atom. The molecule has 3 atom stereocenters. The predicted octanol–water partition coefficient (Wildman–Crippen LogP) is 2.35. The van der Waals surface area contributed by atoms with Crippen LogP contribution < -0.4 is 5.32 Å². The van der Waals surface area contributed by atoms with Gasteiger partial charge < -0.3 is 14.8 Å². The second-order valence-corrected chi connectivity index (χ2v) is 5.75. The maximum Gasteiger partial charge on any atom is 0.0698 e. The maximum atomic E-state index is 6.10. The lowest BCUT2D eigenvalue weighted by molar-refractivity contribution is -0.105. The molecule has 1 saturated heterocycles. The van der Waals surface area contributed by atoms with Gasteiger partial charge in [-0.15, -0.1) is 0 Å². The maximum absolute atomic E-state index is 6.10. The minimum absolute atomic E-state index is 0.214. The molecule has 0 aromatic carbocycles. The number of hydrogen-bond donors (Lipinski definition) is 1. The summed E-state index contributed by atoms with van der Waals surface area (Å²) in [6.07, 6.45) is 7.88. The lowest BCUT2D eigenvalue weighted by Crippen LogP contribution is -2.49. The monoisotopic (exact) mass is 241 g/mol. The normalized spacial score (nSPS) is 31.6. The molecule has 2 rings (SSSR count). The summed E-state index contributed by atoms with van der Waals surface area (Å²) >= 11 is 0. The van der Waals surface area contributed by atoms with Gasteiger partial charge in [0.2, 0.25) is 0 Å². The quantitative estimate of drug-likeness (QED) is 0.819. The van der Waals surface area contributed by atoms with Crippen LogP contribution in [0.3, 0.4) is 0 Å². The summed E-state index contributed by atoms with van der Waals surface area (Å²) in [7, 11) is 3.86. The first-order valence-electron chi connectivity index (χ1n) is 7.05. The molecule has 1 saturated carbocycles. The van der Waals surface area contributed by atoms with Gasteiger partial charge in [-0.05, 0) is 45.6 Å². The summed E-state index contributed by atoms with van der Waals surface area (Å²) in [6.45, 7) is 3.09. The Morgan fingerprint density at radius 2 is 2.06 bits per heavy atom. The zero-order chi connectivity index (χ0) is 12.3. The van der Waals surface area contributed by atoms with Gasteiger partial charge in [0.05, 0.1) is 11.7 Å². The zero-order valence-corrected chi connectivity index (χ0v) is 11.5. The van der Waals surface area contributed by atoms with E-state index >= 15 is 0 Å². The molecule has 3 nitrogen and oxygen atoms in total. The van der Waals surface area contributed by atoms with E-state index in [9.17, 15) is 0 Å². The van der Waals surface area contributed by atoms with Gasteiger partial charge >= 0.3 is 0 Å². The van der Waals surface area contributed by atoms with Gasteiger partial charge in [0.25, 0.3) is 0 Å². The molecular weight excluding hydrogens is 214 g/mol. The van der Waals surface area contributed by atoms with E-state index in [0.717, 1.165) is 6.61 Å². The molecule has 17 heavy (non-hydrogen) atoms. The Morgan fingerprint density at radius 3 is 2.65 bits per heavy atom. The highest BCUT2D eigenvalue weighted by atomic mass is 16.5. The summed E-state index contributed by atoms with van der Waals surface area (Å²) in [4.78, 5) is 0. The Hall–Kier alpha value is -0.120. The van der Waals surface area contributed by atoms with E-state index in [4.69, 9.17) is 9.47 Å². The van der Waals surface area contributed by atoms with Crippen LogP contribution in [-0.2, 0) is 9.47 Å². The van der Waals surface area contributed by atoms with Crippen molar-refractivity contribution in [2.75, 3.05) is 20.8 Å². The van der Waals surface area contributed by atoms with Gasteiger partial charge in [-0.3, -0.25) is 0 Å². The Labute approximate surface area is 105 Å². The second-order valence-electron chi connectivity index (χ2n) is 5.75. The van der Waals surface area contributed by atoms with E-state index in [1.54, 1.807) is 7.11 Å². The van der Waals surface area contributed by atoms with Crippen molar-refractivity contribution in [3.05, 3.63) is 0 Å². The van der Waals surface area contributed by atoms with E-state index in [-0.39, 0.29) is 11.7 Å². The average molecular weight is 241 g/mol. The number of rotatable bonds is 4. The number of hydrogen-bond acceptors (Lipinski definition) is 3. The first-order valence-corrected chi connectivity index (χ1v) is 7.05. The third kappa shape index (κ3) is 2.83. The van der Waals surface area contributed by atoms with Crippen LogP contribution in [0.4, 0.5) is 0 Å². The summed E-state index contributed by atoms with van der Waals surface area (Å²) < 4.78 is 11.6. The third-order valence-corrected chi connectivity index (χ3v) is 4.76. The minimum Gasteiger partial charge on any atom is -0.380 e. The average Bonchev–Trinajstić information content (AvgIpc) is 2.78. The van der Waals surface area contributed by atoms with Gasteiger partial charge in [0.1, 0.15) is 0 Å². The van der Waals surface area contributed by atoms with Gasteiger partial charge in [0.15, 0.2) is 0 Å². The van der Waals surface area contributed by atoms with E-state index in [1.165, 1.54) is 38.5 Å². The van der Waals surface area contributed by atoms with E-state index in [1.807, 2.05) is 0 Å². The fourth-order valence-electron chi connectivity index (χ4n) is 3.74. The third-order valence-electron chi connectivity index (χ3n) is 4.76. The van der Waals surface area contributed by atoms with E-state index in [0.29, 0.717) is 12.0 Å². The van der Waals surface area contributed by atoms with Crippen LogP contribution >= 0.6 is 0 Å². The zero-order valence-electron chi connectivity index (χ0n) is 11.5. The molecule has 3 heteroatoms. The minimum atomic E-state index is 0.214. The van der Waals surface area contributed by atoms with Gasteiger partial charge in [-0.2, -0.15) is 0 Å². The van der Waals surface area contributed by atoms with Crippen molar-refractivity contribution in [2.24, 2.45) is 5.92 Å². The van der Waals surface area contributed by atoms with Crippen molar-refractivity contribution in [1.29, 1.82) is 0 Å². The molecule has 3 unspecified atom stereocenters. The van der Waals surface area contributed by atoms with Crippen LogP contribution in [0.2, 0.25) is 0 Å². The number of methoxy groups -OCH3 is 1. The van der Waals surface area contributed by atoms with Gasteiger partial charge in [-0.25, -0.2) is 0 Å². The molecule has 0 aromatic rings. The van der Waals surface area contributed by atoms with Crippen LogP contribution in [-0.4, -0.2) is 38.5 Å². The standard InChI is InChI=1S/C14H27NO2/c1-11(16-3)13(15-2)12-6-9-17-14(10-12)7-4-5-8-14/h11-13,15H,4-10H2,1-3H3. The Balaban J connectivity index is 2.00. The smallest absolute Gasteiger partial charge is 0.0698 e. The molecule has 1 heterocycles. The molecule has 0 aromatic heterocycles. The highest BCUT2D eigenvalue weighted by molar-refractivity contribution is 4.95. The highest BCUT2D eigenvalue weighted by Gasteiger charge is 2.42. The molecule has 0 radical (unpaired) electrons. The largest absolute Gasteiger partial charge is 0.380 e. The van der Waals surface area contributed by atoms with Crippen molar-refractivity contribution in [3.8, 4) is 0 Å². The first kappa shape index (κ1) is 13.3. The topological polar surface area (TPSA) is 30.5 Å². The molecule has 1 aliphatic heterocycles. The fourth-order valence-corrected chi connectivity index (χ4v) is 3.74. The summed E-state index contributed by atoms with van der Waals surface area (Å²) in [5.41, 5.74) is 0.214.